The molecule has 1 aromatic rings. The zero-order valence-electron chi connectivity index (χ0n) is 8.67. The van der Waals surface area contributed by atoms with Crippen molar-refractivity contribution in [2.75, 3.05) is 19.6 Å². The first-order valence-electron chi connectivity index (χ1n) is 4.79. The van der Waals surface area contributed by atoms with Crippen molar-refractivity contribution in [3.05, 3.63) is 35.6 Å². The van der Waals surface area contributed by atoms with Crippen LogP contribution < -0.4 is 5.32 Å². The number of alkyl halides is 1. The molecule has 0 bridgehead atoms. The quantitative estimate of drug-likeness (QED) is 0.758. The molecule has 84 valence electrons. The molecule has 0 aliphatic rings. The second-order valence-corrected chi connectivity index (χ2v) is 3.63. The van der Waals surface area contributed by atoms with Crippen LogP contribution >= 0.6 is 11.6 Å². The molecule has 4 heteroatoms. The Morgan fingerprint density at radius 3 is 2.93 bits per heavy atom. The fourth-order valence-corrected chi connectivity index (χ4v) is 1.47. The lowest BCUT2D eigenvalue weighted by Crippen LogP contribution is -2.34. The zero-order valence-corrected chi connectivity index (χ0v) is 9.43. The highest BCUT2D eigenvalue weighted by molar-refractivity contribution is 6.18. The van der Waals surface area contributed by atoms with E-state index in [1.54, 1.807) is 13.2 Å². The molecule has 1 rings (SSSR count). The summed E-state index contributed by atoms with van der Waals surface area (Å²) in [5.74, 6) is 0.256. The van der Waals surface area contributed by atoms with Crippen LogP contribution in [-0.4, -0.2) is 25.6 Å². The van der Waals surface area contributed by atoms with Crippen LogP contribution in [0, 0.1) is 5.82 Å². The van der Waals surface area contributed by atoms with Crippen LogP contribution in [0.5, 0.6) is 0 Å². The third-order valence-electron chi connectivity index (χ3n) is 2.04. The summed E-state index contributed by atoms with van der Waals surface area (Å²) < 4.78 is 17.8. The normalized spacial score (nSPS) is 12.7. The van der Waals surface area contributed by atoms with Gasteiger partial charge in [0.15, 0.2) is 0 Å². The smallest absolute Gasteiger partial charge is 0.123 e. The Bertz CT molecular complexity index is 296. The molecular weight excluding hydrogens is 217 g/mol. The second kappa shape index (κ2) is 6.77. The summed E-state index contributed by atoms with van der Waals surface area (Å²) >= 11 is 5.73. The third-order valence-corrected chi connectivity index (χ3v) is 2.41. The Morgan fingerprint density at radius 2 is 2.33 bits per heavy atom. The van der Waals surface area contributed by atoms with Gasteiger partial charge in [-0.15, -0.1) is 11.6 Å². The van der Waals surface area contributed by atoms with E-state index in [9.17, 15) is 4.39 Å². The predicted molar refractivity (Wildman–Crippen MR) is 59.6 cm³/mol. The fourth-order valence-electron chi connectivity index (χ4n) is 1.27. The number of halogens is 2. The second-order valence-electron chi connectivity index (χ2n) is 3.32. The van der Waals surface area contributed by atoms with E-state index < -0.39 is 0 Å². The average Bonchev–Trinajstić information content (AvgIpc) is 2.24. The first kappa shape index (κ1) is 12.4. The van der Waals surface area contributed by atoms with Gasteiger partial charge in [0.25, 0.3) is 0 Å². The first-order chi connectivity index (χ1) is 7.26. The van der Waals surface area contributed by atoms with E-state index in [2.05, 4.69) is 5.32 Å². The highest BCUT2D eigenvalue weighted by Crippen LogP contribution is 2.03. The van der Waals surface area contributed by atoms with Gasteiger partial charge in [-0.05, 0) is 17.7 Å². The molecule has 0 saturated heterocycles. The van der Waals surface area contributed by atoms with E-state index in [1.807, 2.05) is 6.07 Å². The van der Waals surface area contributed by atoms with E-state index in [-0.39, 0.29) is 11.9 Å². The van der Waals surface area contributed by atoms with Gasteiger partial charge in [-0.25, -0.2) is 4.39 Å². The minimum atomic E-state index is -0.219. The van der Waals surface area contributed by atoms with Crippen molar-refractivity contribution in [1.82, 2.24) is 5.32 Å². The fraction of sp³-hybridized carbons (Fsp3) is 0.455. The van der Waals surface area contributed by atoms with Gasteiger partial charge in [0.1, 0.15) is 5.82 Å². The molecule has 0 aliphatic carbocycles. The lowest BCUT2D eigenvalue weighted by atomic mass is 10.2. The van der Waals surface area contributed by atoms with Gasteiger partial charge in [-0.1, -0.05) is 12.1 Å². The molecule has 0 aliphatic heterocycles. The number of nitrogens with one attached hydrogen (secondary N) is 1. The number of rotatable bonds is 6. The maximum Gasteiger partial charge on any atom is 0.123 e. The van der Waals surface area contributed by atoms with Crippen molar-refractivity contribution in [2.45, 2.75) is 12.6 Å². The molecule has 0 amide bonds. The van der Waals surface area contributed by atoms with Crippen LogP contribution in [0.25, 0.3) is 0 Å². The topological polar surface area (TPSA) is 21.3 Å². The summed E-state index contributed by atoms with van der Waals surface area (Å²) in [6.07, 6.45) is 0. The van der Waals surface area contributed by atoms with Crippen LogP contribution in [0.4, 0.5) is 4.39 Å². The van der Waals surface area contributed by atoms with Crippen molar-refractivity contribution >= 4 is 11.6 Å². The highest BCUT2D eigenvalue weighted by atomic mass is 35.5. The predicted octanol–water partition coefficient (Wildman–Crippen LogP) is 2.17. The largest absolute Gasteiger partial charge is 0.383 e. The van der Waals surface area contributed by atoms with Crippen molar-refractivity contribution in [3.8, 4) is 0 Å². The van der Waals surface area contributed by atoms with Gasteiger partial charge in [-0.3, -0.25) is 0 Å². The summed E-state index contributed by atoms with van der Waals surface area (Å²) in [5.41, 5.74) is 0.904. The molecule has 1 unspecified atom stereocenters. The number of ether oxygens (including phenoxy) is 1. The zero-order chi connectivity index (χ0) is 11.1. The Hall–Kier alpha value is -0.640. The molecule has 0 radical (unpaired) electrons. The third kappa shape index (κ3) is 4.60. The van der Waals surface area contributed by atoms with E-state index in [1.165, 1.54) is 12.1 Å². The van der Waals surface area contributed by atoms with Gasteiger partial charge < -0.3 is 10.1 Å². The SMILES string of the molecule is COCC(CCl)NCc1cccc(F)c1. The van der Waals surface area contributed by atoms with Crippen molar-refractivity contribution in [1.29, 1.82) is 0 Å². The maximum atomic E-state index is 12.8. The van der Waals surface area contributed by atoms with Crippen LogP contribution in [0.15, 0.2) is 24.3 Å². The standard InChI is InChI=1S/C11H15ClFNO/c1-15-8-11(6-12)14-7-9-3-2-4-10(13)5-9/h2-5,11,14H,6-8H2,1H3. The summed E-state index contributed by atoms with van der Waals surface area (Å²) in [6.45, 7) is 1.15. The maximum absolute atomic E-state index is 12.8. The first-order valence-corrected chi connectivity index (χ1v) is 5.32. The monoisotopic (exact) mass is 231 g/mol. The van der Waals surface area contributed by atoms with E-state index in [0.717, 1.165) is 5.56 Å². The van der Waals surface area contributed by atoms with E-state index >= 15 is 0 Å². The molecule has 0 spiro atoms. The number of hydrogen-bond acceptors (Lipinski definition) is 2. The van der Waals surface area contributed by atoms with Crippen molar-refractivity contribution < 1.29 is 9.13 Å². The van der Waals surface area contributed by atoms with E-state index in [0.29, 0.717) is 19.0 Å². The van der Waals surface area contributed by atoms with Crippen LogP contribution in [0.2, 0.25) is 0 Å². The van der Waals surface area contributed by atoms with Gasteiger partial charge in [0.05, 0.1) is 6.61 Å². The van der Waals surface area contributed by atoms with E-state index in [4.69, 9.17) is 16.3 Å². The lowest BCUT2D eigenvalue weighted by molar-refractivity contribution is 0.172. The molecule has 0 heterocycles. The number of hydrogen-bond donors (Lipinski definition) is 1. The minimum absolute atomic E-state index is 0.0972. The molecule has 0 saturated carbocycles. The van der Waals surface area contributed by atoms with Gasteiger partial charge in [0, 0.05) is 25.6 Å². The Balaban J connectivity index is 2.41. The van der Waals surface area contributed by atoms with Gasteiger partial charge in [-0.2, -0.15) is 0 Å². The summed E-state index contributed by atoms with van der Waals surface area (Å²) in [7, 11) is 1.63. The summed E-state index contributed by atoms with van der Waals surface area (Å²) in [4.78, 5) is 0. The average molecular weight is 232 g/mol. The Labute approximate surface area is 94.4 Å². The van der Waals surface area contributed by atoms with Crippen molar-refractivity contribution in [2.24, 2.45) is 0 Å². The van der Waals surface area contributed by atoms with Crippen LogP contribution in [0.3, 0.4) is 0 Å². The molecule has 0 aromatic heterocycles. The molecule has 1 aromatic carbocycles. The van der Waals surface area contributed by atoms with Crippen molar-refractivity contribution in [3.63, 3.8) is 0 Å². The lowest BCUT2D eigenvalue weighted by Gasteiger charge is -2.14. The molecule has 2 nitrogen and oxygen atoms in total. The molecule has 15 heavy (non-hydrogen) atoms. The molecule has 1 N–H and O–H groups in total. The van der Waals surface area contributed by atoms with Crippen LogP contribution in [-0.2, 0) is 11.3 Å². The molecular formula is C11H15ClFNO. The molecule has 1 atom stereocenters. The summed E-state index contributed by atoms with van der Waals surface area (Å²) in [6, 6.07) is 6.59. The van der Waals surface area contributed by atoms with Gasteiger partial charge in [0.2, 0.25) is 0 Å². The minimum Gasteiger partial charge on any atom is -0.383 e. The summed E-state index contributed by atoms with van der Waals surface area (Å²) in [5, 5.41) is 3.19. The Kier molecular flexibility index (Phi) is 5.61. The van der Waals surface area contributed by atoms with Gasteiger partial charge >= 0.3 is 0 Å². The number of methoxy groups -OCH3 is 1. The Morgan fingerprint density at radius 1 is 1.53 bits per heavy atom. The van der Waals surface area contributed by atoms with Crippen LogP contribution in [0.1, 0.15) is 5.56 Å². The number of benzene rings is 1. The highest BCUT2D eigenvalue weighted by Gasteiger charge is 2.05. The molecule has 0 fully saturated rings.